The number of nitrogens with two attached hydrogens (primary N) is 1. The summed E-state index contributed by atoms with van der Waals surface area (Å²) in [6.45, 7) is 0. The summed E-state index contributed by atoms with van der Waals surface area (Å²) >= 11 is 0. The molecule has 0 aliphatic carbocycles. The number of hydrogen-bond acceptors (Lipinski definition) is 6. The van der Waals surface area contributed by atoms with Crippen LogP contribution in [0.1, 0.15) is 5.69 Å². The van der Waals surface area contributed by atoms with Crippen LogP contribution in [0.2, 0.25) is 0 Å². The molecule has 3 rings (SSSR count). The lowest BCUT2D eigenvalue weighted by molar-refractivity contribution is -0.152. The Bertz CT molecular complexity index is 1240. The fourth-order valence-electron chi connectivity index (χ4n) is 2.58. The summed E-state index contributed by atoms with van der Waals surface area (Å²) in [7, 11) is -1.09. The number of sulfonamides is 1. The van der Waals surface area contributed by atoms with Gasteiger partial charge in [-0.25, -0.2) is 23.3 Å². The van der Waals surface area contributed by atoms with E-state index in [1.807, 2.05) is 12.1 Å². The molecule has 1 aromatic heterocycles. The first-order valence-electron chi connectivity index (χ1n) is 8.55. The summed E-state index contributed by atoms with van der Waals surface area (Å²) in [5.41, 5.74) is 2.28. The van der Waals surface area contributed by atoms with Gasteiger partial charge in [-0.2, -0.15) is 5.10 Å². The van der Waals surface area contributed by atoms with Crippen molar-refractivity contribution in [2.75, 3.05) is 14.2 Å². The normalized spacial score (nSPS) is 10.8. The molecule has 10 heteroatoms. The van der Waals surface area contributed by atoms with E-state index in [9.17, 15) is 13.2 Å². The third kappa shape index (κ3) is 4.66. The molecule has 0 aliphatic rings. The maximum absolute atomic E-state index is 11.5. The predicted octanol–water partition coefficient (Wildman–Crippen LogP) is 1.39. The third-order valence-electron chi connectivity index (χ3n) is 4.10. The van der Waals surface area contributed by atoms with Gasteiger partial charge in [0.05, 0.1) is 23.4 Å². The number of amides is 1. The Morgan fingerprint density at radius 2 is 1.80 bits per heavy atom. The predicted molar refractivity (Wildman–Crippen MR) is 108 cm³/mol. The highest BCUT2D eigenvalue weighted by Gasteiger charge is 2.13. The fraction of sp³-hybridized carbons (Fsp3) is 0.100. The standard InChI is InChI=1S/C20H18N4O5S/c1-23(26)20(25)12-5-15-13-19(14-3-8-17(29-2)9-4-14)24(22-15)16-6-10-18(11-7-16)30(21,27)28/h3-4,6-11,13,26H,1-2H3,(H2,21,27,28). The molecular formula is C20H18N4O5S. The van der Waals surface area contributed by atoms with Crippen molar-refractivity contribution in [2.24, 2.45) is 5.14 Å². The Balaban J connectivity index is 2.10. The summed E-state index contributed by atoms with van der Waals surface area (Å²) in [5, 5.41) is 19.1. The second-order valence-electron chi connectivity index (χ2n) is 6.17. The number of hydrogen-bond donors (Lipinski definition) is 2. The molecule has 0 bridgehead atoms. The summed E-state index contributed by atoms with van der Waals surface area (Å²) in [6.07, 6.45) is 0. The zero-order valence-electron chi connectivity index (χ0n) is 16.1. The van der Waals surface area contributed by atoms with Gasteiger partial charge in [0.1, 0.15) is 11.4 Å². The number of rotatable bonds is 4. The molecule has 0 saturated carbocycles. The topological polar surface area (TPSA) is 128 Å². The Labute approximate surface area is 173 Å². The van der Waals surface area contributed by atoms with Crippen molar-refractivity contribution in [1.82, 2.24) is 14.8 Å². The average molecular weight is 426 g/mol. The van der Waals surface area contributed by atoms with Crippen LogP contribution in [0.15, 0.2) is 59.5 Å². The molecule has 0 atom stereocenters. The highest BCUT2D eigenvalue weighted by molar-refractivity contribution is 7.89. The maximum Gasteiger partial charge on any atom is 0.322 e. The summed E-state index contributed by atoms with van der Waals surface area (Å²) in [5.74, 6) is 4.79. The smallest absolute Gasteiger partial charge is 0.322 e. The van der Waals surface area contributed by atoms with Gasteiger partial charge in [0, 0.05) is 24.6 Å². The zero-order valence-corrected chi connectivity index (χ0v) is 16.9. The molecule has 3 aromatic rings. The van der Waals surface area contributed by atoms with Gasteiger partial charge in [-0.3, -0.25) is 10.0 Å². The molecule has 0 unspecified atom stereocenters. The van der Waals surface area contributed by atoms with Crippen LogP contribution in [0.25, 0.3) is 16.9 Å². The number of carbonyl (C=O) groups excluding carboxylic acids is 1. The van der Waals surface area contributed by atoms with Gasteiger partial charge in [-0.1, -0.05) is 0 Å². The highest BCUT2D eigenvalue weighted by atomic mass is 32.2. The van der Waals surface area contributed by atoms with E-state index < -0.39 is 15.9 Å². The molecule has 0 aliphatic heterocycles. The SMILES string of the molecule is COc1ccc(-c2cc(C#CC(=O)N(C)O)nn2-c2ccc(S(N)(=O)=O)cc2)cc1. The van der Waals surface area contributed by atoms with Crippen LogP contribution in [0.4, 0.5) is 0 Å². The minimum absolute atomic E-state index is 0.0269. The Morgan fingerprint density at radius 3 is 2.33 bits per heavy atom. The molecule has 0 radical (unpaired) electrons. The van der Waals surface area contributed by atoms with Crippen molar-refractivity contribution in [3.63, 3.8) is 0 Å². The third-order valence-corrected chi connectivity index (χ3v) is 5.03. The molecule has 0 spiro atoms. The molecule has 3 N–H and O–H groups in total. The number of carbonyl (C=O) groups is 1. The van der Waals surface area contributed by atoms with E-state index in [4.69, 9.17) is 15.1 Å². The number of nitrogens with zero attached hydrogens (tertiary/aromatic N) is 3. The van der Waals surface area contributed by atoms with E-state index in [1.165, 1.54) is 19.2 Å². The Hall–Kier alpha value is -3.65. The molecule has 0 saturated heterocycles. The number of benzene rings is 2. The lowest BCUT2D eigenvalue weighted by atomic mass is 10.1. The Morgan fingerprint density at radius 1 is 1.17 bits per heavy atom. The van der Waals surface area contributed by atoms with Crippen molar-refractivity contribution in [1.29, 1.82) is 0 Å². The van der Waals surface area contributed by atoms with E-state index in [0.717, 1.165) is 5.56 Å². The molecule has 2 aromatic carbocycles. The monoisotopic (exact) mass is 426 g/mol. The van der Waals surface area contributed by atoms with Crippen molar-refractivity contribution in [2.45, 2.75) is 4.90 Å². The van der Waals surface area contributed by atoms with Gasteiger partial charge in [0.2, 0.25) is 10.0 Å². The lowest BCUT2D eigenvalue weighted by Crippen LogP contribution is -2.20. The molecular weight excluding hydrogens is 408 g/mol. The number of methoxy groups -OCH3 is 1. The van der Waals surface area contributed by atoms with E-state index in [2.05, 4.69) is 16.9 Å². The van der Waals surface area contributed by atoms with Crippen LogP contribution in [-0.4, -0.2) is 48.5 Å². The number of ether oxygens (including phenoxy) is 1. The molecule has 9 nitrogen and oxygen atoms in total. The lowest BCUT2D eigenvalue weighted by Gasteiger charge is -2.09. The van der Waals surface area contributed by atoms with Crippen molar-refractivity contribution in [3.8, 4) is 34.5 Å². The van der Waals surface area contributed by atoms with Crippen molar-refractivity contribution < 1.29 is 23.2 Å². The minimum Gasteiger partial charge on any atom is -0.497 e. The van der Waals surface area contributed by atoms with Crippen molar-refractivity contribution >= 4 is 15.9 Å². The summed E-state index contributed by atoms with van der Waals surface area (Å²) in [4.78, 5) is 11.5. The molecule has 30 heavy (non-hydrogen) atoms. The van der Waals surface area contributed by atoms with E-state index in [-0.39, 0.29) is 10.6 Å². The van der Waals surface area contributed by atoms with Gasteiger partial charge in [0.25, 0.3) is 0 Å². The Kier molecular flexibility index (Phi) is 5.89. The average Bonchev–Trinajstić information content (AvgIpc) is 3.15. The van der Waals surface area contributed by atoms with E-state index in [1.54, 1.807) is 42.1 Å². The quantitative estimate of drug-likeness (QED) is 0.369. The van der Waals surface area contributed by atoms with Crippen LogP contribution >= 0.6 is 0 Å². The van der Waals surface area contributed by atoms with E-state index in [0.29, 0.717) is 22.2 Å². The van der Waals surface area contributed by atoms with E-state index >= 15 is 0 Å². The van der Waals surface area contributed by atoms with Gasteiger partial charge < -0.3 is 4.74 Å². The molecule has 0 fully saturated rings. The second-order valence-corrected chi connectivity index (χ2v) is 7.73. The van der Waals surface area contributed by atoms with Gasteiger partial charge in [-0.15, -0.1) is 0 Å². The fourth-order valence-corrected chi connectivity index (χ4v) is 3.10. The van der Waals surface area contributed by atoms with Crippen LogP contribution < -0.4 is 9.88 Å². The largest absolute Gasteiger partial charge is 0.497 e. The summed E-state index contributed by atoms with van der Waals surface area (Å²) in [6, 6.07) is 14.8. The van der Waals surface area contributed by atoms with Gasteiger partial charge in [0.15, 0.2) is 0 Å². The first-order chi connectivity index (χ1) is 14.2. The highest BCUT2D eigenvalue weighted by Crippen LogP contribution is 2.26. The summed E-state index contributed by atoms with van der Waals surface area (Å²) < 4.78 is 29.8. The number of hydroxylamine groups is 2. The molecule has 1 amide bonds. The molecule has 1 heterocycles. The first-order valence-corrected chi connectivity index (χ1v) is 10.1. The van der Waals surface area contributed by atoms with Crippen LogP contribution in [0.3, 0.4) is 0 Å². The molecule has 154 valence electrons. The van der Waals surface area contributed by atoms with Crippen molar-refractivity contribution in [3.05, 3.63) is 60.3 Å². The van der Waals surface area contributed by atoms with Gasteiger partial charge in [-0.05, 0) is 54.5 Å². The zero-order chi connectivity index (χ0) is 21.9. The number of aromatic nitrogens is 2. The maximum atomic E-state index is 11.5. The van der Waals surface area contributed by atoms with Crippen LogP contribution in [0.5, 0.6) is 5.75 Å². The first kappa shape index (κ1) is 21.1. The van der Waals surface area contributed by atoms with Gasteiger partial charge >= 0.3 is 5.91 Å². The van der Waals surface area contributed by atoms with Crippen LogP contribution in [-0.2, 0) is 14.8 Å². The number of primary sulfonamides is 1. The van der Waals surface area contributed by atoms with Crippen LogP contribution in [0, 0.1) is 11.8 Å². The minimum atomic E-state index is -3.82. The second kappa shape index (κ2) is 8.38.